The second-order valence-electron chi connectivity index (χ2n) is 14.1. The molecule has 0 aliphatic heterocycles. The molecule has 0 amide bonds. The standard InChI is InChI=1S/C28H46O3/c1-16-8-11-26(5)22(16)18(30)15-28(7)23(26)17(29)14-20-25(4)12-10-21(31)24(2,3)19(25)9-13-27(20,28)6/h17-23,29-31H,1,8-15H2,2-7H3/t17-,18+,19-,20-,21+,22-,23-,25+,26+,27-,28-/m1/s1. The molecular formula is C28H46O3. The maximum Gasteiger partial charge on any atom is 0.0616 e. The normalized spacial score (nSPS) is 60.5. The third-order valence-electron chi connectivity index (χ3n) is 12.7. The van der Waals surface area contributed by atoms with E-state index in [2.05, 4.69) is 48.1 Å². The number of fused-ring (bicyclic) bond motifs is 7. The van der Waals surface area contributed by atoms with Gasteiger partial charge in [0, 0.05) is 5.92 Å². The molecule has 176 valence electrons. The Balaban J connectivity index is 1.61. The first-order valence-electron chi connectivity index (χ1n) is 13.0. The number of aliphatic hydroxyl groups excluding tert-OH is 3. The van der Waals surface area contributed by atoms with Gasteiger partial charge in [-0.05, 0) is 96.2 Å². The van der Waals surface area contributed by atoms with Gasteiger partial charge in [0.25, 0.3) is 0 Å². The first-order valence-corrected chi connectivity index (χ1v) is 13.0. The van der Waals surface area contributed by atoms with E-state index in [0.717, 1.165) is 51.4 Å². The van der Waals surface area contributed by atoms with Gasteiger partial charge in [-0.25, -0.2) is 0 Å². The molecule has 5 aliphatic rings. The molecule has 5 aliphatic carbocycles. The SMILES string of the molecule is C=C1CC[C@@]2(C)[C@H]1[C@@H](O)C[C@]1(C)[C@@H]2[C@H](O)C[C@@H]2[C@@]3(C)CC[C@H](O)C(C)(C)[C@H]3CC[C@]21C. The van der Waals surface area contributed by atoms with Crippen molar-refractivity contribution in [3.8, 4) is 0 Å². The van der Waals surface area contributed by atoms with E-state index in [1.54, 1.807) is 0 Å². The van der Waals surface area contributed by atoms with E-state index in [1.165, 1.54) is 5.57 Å². The van der Waals surface area contributed by atoms with Gasteiger partial charge in [0.15, 0.2) is 0 Å². The van der Waals surface area contributed by atoms with Crippen LogP contribution < -0.4 is 0 Å². The molecule has 0 aromatic heterocycles. The van der Waals surface area contributed by atoms with Crippen LogP contribution in [0.15, 0.2) is 12.2 Å². The Morgan fingerprint density at radius 2 is 1.45 bits per heavy atom. The van der Waals surface area contributed by atoms with Crippen LogP contribution in [-0.4, -0.2) is 33.6 Å². The summed E-state index contributed by atoms with van der Waals surface area (Å²) in [6.45, 7) is 18.6. The maximum atomic E-state index is 11.8. The second kappa shape index (κ2) is 6.39. The van der Waals surface area contributed by atoms with Crippen LogP contribution in [0.3, 0.4) is 0 Å². The van der Waals surface area contributed by atoms with Gasteiger partial charge in [-0.1, -0.05) is 53.7 Å². The Kier molecular flexibility index (Phi) is 4.62. The molecule has 0 unspecified atom stereocenters. The van der Waals surface area contributed by atoms with E-state index in [-0.39, 0.29) is 57.2 Å². The van der Waals surface area contributed by atoms with E-state index < -0.39 is 0 Å². The van der Waals surface area contributed by atoms with E-state index in [9.17, 15) is 15.3 Å². The summed E-state index contributed by atoms with van der Waals surface area (Å²) in [5.41, 5.74) is 1.21. The van der Waals surface area contributed by atoms with Crippen LogP contribution in [0.2, 0.25) is 0 Å². The molecule has 3 N–H and O–H groups in total. The molecule has 31 heavy (non-hydrogen) atoms. The molecule has 3 nitrogen and oxygen atoms in total. The van der Waals surface area contributed by atoms with Crippen molar-refractivity contribution in [1.82, 2.24) is 0 Å². The van der Waals surface area contributed by atoms with Crippen LogP contribution in [0.4, 0.5) is 0 Å². The molecular weight excluding hydrogens is 384 g/mol. The number of aliphatic hydroxyl groups is 3. The van der Waals surface area contributed by atoms with Crippen LogP contribution in [0.25, 0.3) is 0 Å². The largest absolute Gasteiger partial charge is 0.393 e. The lowest BCUT2D eigenvalue weighted by Crippen LogP contribution is -2.71. The minimum atomic E-state index is -0.348. The Morgan fingerprint density at radius 1 is 0.774 bits per heavy atom. The van der Waals surface area contributed by atoms with E-state index in [4.69, 9.17) is 0 Å². The fraction of sp³-hybridized carbons (Fsp3) is 0.929. The lowest BCUT2D eigenvalue weighted by molar-refractivity contribution is -0.285. The summed E-state index contributed by atoms with van der Waals surface area (Å²) in [7, 11) is 0. The zero-order valence-electron chi connectivity index (χ0n) is 20.7. The van der Waals surface area contributed by atoms with Crippen LogP contribution in [0.1, 0.15) is 92.9 Å². The smallest absolute Gasteiger partial charge is 0.0616 e. The minimum Gasteiger partial charge on any atom is -0.393 e. The predicted octanol–water partition coefficient (Wildman–Crippen LogP) is 5.33. The molecule has 0 spiro atoms. The van der Waals surface area contributed by atoms with Crippen LogP contribution in [0.5, 0.6) is 0 Å². The summed E-state index contributed by atoms with van der Waals surface area (Å²) >= 11 is 0. The summed E-state index contributed by atoms with van der Waals surface area (Å²) in [5, 5.41) is 34.1. The summed E-state index contributed by atoms with van der Waals surface area (Å²) in [6.07, 6.45) is 7.01. The van der Waals surface area contributed by atoms with E-state index in [1.807, 2.05) is 0 Å². The van der Waals surface area contributed by atoms with Crippen molar-refractivity contribution < 1.29 is 15.3 Å². The van der Waals surface area contributed by atoms with Gasteiger partial charge in [-0.3, -0.25) is 0 Å². The van der Waals surface area contributed by atoms with Crippen molar-refractivity contribution in [2.24, 2.45) is 50.7 Å². The highest BCUT2D eigenvalue weighted by Crippen LogP contribution is 2.77. The van der Waals surface area contributed by atoms with Crippen molar-refractivity contribution in [2.45, 2.75) is 111 Å². The van der Waals surface area contributed by atoms with Gasteiger partial charge in [-0.15, -0.1) is 0 Å². The van der Waals surface area contributed by atoms with Crippen molar-refractivity contribution >= 4 is 0 Å². The molecule has 11 atom stereocenters. The monoisotopic (exact) mass is 430 g/mol. The molecule has 5 fully saturated rings. The maximum absolute atomic E-state index is 11.8. The highest BCUT2D eigenvalue weighted by atomic mass is 16.3. The van der Waals surface area contributed by atoms with Gasteiger partial charge >= 0.3 is 0 Å². The van der Waals surface area contributed by atoms with Crippen molar-refractivity contribution in [1.29, 1.82) is 0 Å². The van der Waals surface area contributed by atoms with Gasteiger partial charge < -0.3 is 15.3 Å². The van der Waals surface area contributed by atoms with Crippen molar-refractivity contribution in [2.75, 3.05) is 0 Å². The minimum absolute atomic E-state index is 0.0588. The molecule has 0 aromatic rings. The van der Waals surface area contributed by atoms with Crippen LogP contribution in [0, 0.1) is 50.7 Å². The molecule has 0 radical (unpaired) electrons. The molecule has 5 saturated carbocycles. The summed E-state index contributed by atoms with van der Waals surface area (Å²) in [5.74, 6) is 1.27. The van der Waals surface area contributed by atoms with E-state index >= 15 is 0 Å². The molecule has 0 heterocycles. The average molecular weight is 431 g/mol. The fourth-order valence-corrected chi connectivity index (χ4v) is 11.3. The molecule has 3 heteroatoms. The molecule has 5 rings (SSSR count). The average Bonchev–Trinajstić information content (AvgIpc) is 2.96. The number of hydrogen-bond acceptors (Lipinski definition) is 3. The summed E-state index contributed by atoms with van der Waals surface area (Å²) in [6, 6.07) is 0. The third kappa shape index (κ3) is 2.47. The Morgan fingerprint density at radius 3 is 2.13 bits per heavy atom. The van der Waals surface area contributed by atoms with Crippen LogP contribution in [-0.2, 0) is 0 Å². The predicted molar refractivity (Wildman–Crippen MR) is 124 cm³/mol. The number of hydrogen-bond donors (Lipinski definition) is 3. The van der Waals surface area contributed by atoms with Gasteiger partial charge in [0.1, 0.15) is 0 Å². The second-order valence-corrected chi connectivity index (χ2v) is 14.1. The van der Waals surface area contributed by atoms with Crippen molar-refractivity contribution in [3.05, 3.63) is 12.2 Å². The van der Waals surface area contributed by atoms with E-state index in [0.29, 0.717) is 11.8 Å². The van der Waals surface area contributed by atoms with Gasteiger partial charge in [0.05, 0.1) is 18.3 Å². The summed E-state index contributed by atoms with van der Waals surface area (Å²) in [4.78, 5) is 0. The molecule has 0 saturated heterocycles. The van der Waals surface area contributed by atoms with Gasteiger partial charge in [0.2, 0.25) is 0 Å². The van der Waals surface area contributed by atoms with Gasteiger partial charge in [-0.2, -0.15) is 0 Å². The zero-order valence-corrected chi connectivity index (χ0v) is 20.7. The van der Waals surface area contributed by atoms with Crippen LogP contribution >= 0.6 is 0 Å². The highest BCUT2D eigenvalue weighted by molar-refractivity contribution is 5.27. The first kappa shape index (κ1) is 22.4. The zero-order chi connectivity index (χ0) is 22.8. The number of rotatable bonds is 0. The Bertz CT molecular complexity index is 789. The summed E-state index contributed by atoms with van der Waals surface area (Å²) < 4.78 is 0. The Hall–Kier alpha value is -0.380. The Labute approximate surface area is 189 Å². The first-order chi connectivity index (χ1) is 14.2. The third-order valence-corrected chi connectivity index (χ3v) is 12.7. The lowest BCUT2D eigenvalue weighted by atomic mass is 9.31. The quantitative estimate of drug-likeness (QED) is 0.455. The fourth-order valence-electron chi connectivity index (χ4n) is 11.3. The highest BCUT2D eigenvalue weighted by Gasteiger charge is 2.73. The van der Waals surface area contributed by atoms with Crippen molar-refractivity contribution in [3.63, 3.8) is 0 Å². The molecule has 0 aromatic carbocycles. The lowest BCUT2D eigenvalue weighted by Gasteiger charge is -2.74. The topological polar surface area (TPSA) is 60.7 Å². The molecule has 0 bridgehead atoms.